The second-order valence-corrected chi connectivity index (χ2v) is 4.74. The summed E-state index contributed by atoms with van der Waals surface area (Å²) < 4.78 is 0. The number of amides is 1. The van der Waals surface area contributed by atoms with Crippen LogP contribution in [0.15, 0.2) is 24.3 Å². The van der Waals surface area contributed by atoms with E-state index in [1.54, 1.807) is 24.3 Å². The van der Waals surface area contributed by atoms with Crippen molar-refractivity contribution in [3.8, 4) is 5.75 Å². The molecule has 3 rings (SSSR count). The Morgan fingerprint density at radius 2 is 1.94 bits per heavy atom. The van der Waals surface area contributed by atoms with Crippen molar-refractivity contribution in [1.82, 2.24) is 0 Å². The summed E-state index contributed by atoms with van der Waals surface area (Å²) >= 11 is 0. The van der Waals surface area contributed by atoms with E-state index in [0.29, 0.717) is 18.0 Å². The number of hydrogen-bond donors (Lipinski definition) is 1. The molecule has 4 nitrogen and oxygen atoms in total. The first-order valence-corrected chi connectivity index (χ1v) is 6.03. The molecule has 0 spiro atoms. The normalized spacial score (nSPS) is 25.1. The first-order valence-electron chi connectivity index (χ1n) is 6.03. The molecule has 1 aromatic rings. The minimum absolute atomic E-state index is 0.00703. The van der Waals surface area contributed by atoms with Gasteiger partial charge in [-0.15, -0.1) is 0 Å². The molecule has 1 saturated carbocycles. The summed E-state index contributed by atoms with van der Waals surface area (Å²) in [4.78, 5) is 17.6. The van der Waals surface area contributed by atoms with Crippen LogP contribution < -0.4 is 5.06 Å². The SMILES string of the molecule is O=C1CC(C2CCC2)ON1c1ccc(O)cc1. The van der Waals surface area contributed by atoms with Crippen molar-refractivity contribution in [3.63, 3.8) is 0 Å². The van der Waals surface area contributed by atoms with Crippen molar-refractivity contribution in [3.05, 3.63) is 24.3 Å². The summed E-state index contributed by atoms with van der Waals surface area (Å²) in [6.07, 6.45) is 4.11. The van der Waals surface area contributed by atoms with Gasteiger partial charge in [-0.1, -0.05) is 6.42 Å². The monoisotopic (exact) mass is 233 g/mol. The van der Waals surface area contributed by atoms with Crippen LogP contribution >= 0.6 is 0 Å². The van der Waals surface area contributed by atoms with Crippen LogP contribution in [0.3, 0.4) is 0 Å². The molecule has 1 aliphatic carbocycles. The van der Waals surface area contributed by atoms with E-state index in [4.69, 9.17) is 4.84 Å². The van der Waals surface area contributed by atoms with Gasteiger partial charge in [0.2, 0.25) is 0 Å². The highest BCUT2D eigenvalue weighted by atomic mass is 16.7. The third kappa shape index (κ3) is 1.89. The van der Waals surface area contributed by atoms with Crippen LogP contribution in [0.5, 0.6) is 5.75 Å². The Labute approximate surface area is 99.8 Å². The Morgan fingerprint density at radius 3 is 2.53 bits per heavy atom. The smallest absolute Gasteiger partial charge is 0.253 e. The summed E-state index contributed by atoms with van der Waals surface area (Å²) in [6.45, 7) is 0. The fourth-order valence-corrected chi connectivity index (χ4v) is 2.34. The van der Waals surface area contributed by atoms with Crippen molar-refractivity contribution < 1.29 is 14.7 Å². The van der Waals surface area contributed by atoms with Gasteiger partial charge < -0.3 is 5.11 Å². The molecule has 90 valence electrons. The van der Waals surface area contributed by atoms with E-state index in [2.05, 4.69) is 0 Å². The van der Waals surface area contributed by atoms with Gasteiger partial charge in [0.05, 0.1) is 18.2 Å². The lowest BCUT2D eigenvalue weighted by Gasteiger charge is -2.29. The minimum atomic E-state index is 0.00703. The third-order valence-electron chi connectivity index (χ3n) is 3.60. The van der Waals surface area contributed by atoms with Gasteiger partial charge in [0, 0.05) is 0 Å². The first-order chi connectivity index (χ1) is 8.24. The van der Waals surface area contributed by atoms with E-state index < -0.39 is 0 Å². The van der Waals surface area contributed by atoms with E-state index >= 15 is 0 Å². The molecule has 1 atom stereocenters. The number of aromatic hydroxyl groups is 1. The lowest BCUT2D eigenvalue weighted by molar-refractivity contribution is -0.119. The van der Waals surface area contributed by atoms with Gasteiger partial charge in [0.1, 0.15) is 5.75 Å². The molecule has 0 bridgehead atoms. The fraction of sp³-hybridized carbons (Fsp3) is 0.462. The zero-order valence-corrected chi connectivity index (χ0v) is 9.50. The Balaban J connectivity index is 1.75. The molecule has 0 radical (unpaired) electrons. The molecule has 0 aromatic heterocycles. The Morgan fingerprint density at radius 1 is 1.24 bits per heavy atom. The Kier molecular flexibility index (Phi) is 2.52. The number of anilines is 1. The highest BCUT2D eigenvalue weighted by Gasteiger charge is 2.39. The number of phenolic OH excluding ortho intramolecular Hbond substituents is 1. The molecular weight excluding hydrogens is 218 g/mol. The van der Waals surface area contributed by atoms with Crippen LogP contribution in [0, 0.1) is 5.92 Å². The number of carbonyl (C=O) groups is 1. The van der Waals surface area contributed by atoms with Crippen LogP contribution in [-0.2, 0) is 9.63 Å². The average Bonchev–Trinajstić information content (AvgIpc) is 2.59. The topological polar surface area (TPSA) is 49.8 Å². The third-order valence-corrected chi connectivity index (χ3v) is 3.60. The molecule has 1 heterocycles. The van der Waals surface area contributed by atoms with Gasteiger partial charge in [-0.2, -0.15) is 5.06 Å². The molecular formula is C13H15NO3. The van der Waals surface area contributed by atoms with E-state index in [-0.39, 0.29) is 17.8 Å². The number of hydrogen-bond acceptors (Lipinski definition) is 3. The average molecular weight is 233 g/mol. The van der Waals surface area contributed by atoms with Crippen LogP contribution in [0.2, 0.25) is 0 Å². The van der Waals surface area contributed by atoms with E-state index in [1.807, 2.05) is 0 Å². The maximum absolute atomic E-state index is 11.9. The zero-order valence-electron chi connectivity index (χ0n) is 9.50. The predicted molar refractivity (Wildman–Crippen MR) is 62.4 cm³/mol. The standard InChI is InChI=1S/C13H15NO3/c15-11-6-4-10(5-7-11)14-13(16)8-12(17-14)9-2-1-3-9/h4-7,9,12,15H,1-3,8H2. The fourth-order valence-electron chi connectivity index (χ4n) is 2.34. The van der Waals surface area contributed by atoms with Crippen molar-refractivity contribution >= 4 is 11.6 Å². The predicted octanol–water partition coefficient (Wildman–Crippen LogP) is 2.23. The van der Waals surface area contributed by atoms with Crippen molar-refractivity contribution in [2.45, 2.75) is 31.8 Å². The molecule has 1 saturated heterocycles. The highest BCUT2D eigenvalue weighted by Crippen LogP contribution is 2.37. The number of phenols is 1. The van der Waals surface area contributed by atoms with Crippen LogP contribution in [-0.4, -0.2) is 17.1 Å². The van der Waals surface area contributed by atoms with Crippen LogP contribution in [0.4, 0.5) is 5.69 Å². The molecule has 1 unspecified atom stereocenters. The minimum Gasteiger partial charge on any atom is -0.508 e. The maximum atomic E-state index is 11.9. The lowest BCUT2D eigenvalue weighted by Crippen LogP contribution is -2.28. The quantitative estimate of drug-likeness (QED) is 0.852. The molecule has 1 amide bonds. The van der Waals surface area contributed by atoms with E-state index in [9.17, 15) is 9.90 Å². The van der Waals surface area contributed by atoms with Gasteiger partial charge in [-0.3, -0.25) is 9.63 Å². The molecule has 1 aromatic carbocycles. The van der Waals surface area contributed by atoms with E-state index in [1.165, 1.54) is 24.3 Å². The number of benzene rings is 1. The van der Waals surface area contributed by atoms with Gasteiger partial charge in [0.15, 0.2) is 0 Å². The number of nitrogens with zero attached hydrogens (tertiary/aromatic N) is 1. The number of hydroxylamine groups is 1. The Bertz CT molecular complexity index is 425. The molecule has 17 heavy (non-hydrogen) atoms. The lowest BCUT2D eigenvalue weighted by atomic mass is 9.80. The van der Waals surface area contributed by atoms with Gasteiger partial charge in [0.25, 0.3) is 5.91 Å². The molecule has 2 fully saturated rings. The van der Waals surface area contributed by atoms with E-state index in [0.717, 1.165) is 0 Å². The van der Waals surface area contributed by atoms with Crippen molar-refractivity contribution in [1.29, 1.82) is 0 Å². The van der Waals surface area contributed by atoms with Gasteiger partial charge in [-0.25, -0.2) is 0 Å². The second kappa shape index (κ2) is 4.04. The Hall–Kier alpha value is -1.55. The van der Waals surface area contributed by atoms with Crippen LogP contribution in [0.1, 0.15) is 25.7 Å². The first kappa shape index (κ1) is 10.6. The van der Waals surface area contributed by atoms with Crippen molar-refractivity contribution in [2.24, 2.45) is 5.92 Å². The van der Waals surface area contributed by atoms with Gasteiger partial charge in [-0.05, 0) is 43.0 Å². The summed E-state index contributed by atoms with van der Waals surface area (Å²) in [6, 6.07) is 6.50. The number of rotatable bonds is 2. The molecule has 1 aliphatic heterocycles. The molecule has 4 heteroatoms. The number of carbonyl (C=O) groups excluding carboxylic acids is 1. The molecule has 1 N–H and O–H groups in total. The summed E-state index contributed by atoms with van der Waals surface area (Å²) in [5, 5.41) is 10.6. The zero-order chi connectivity index (χ0) is 11.8. The molecule has 2 aliphatic rings. The van der Waals surface area contributed by atoms with Crippen LogP contribution in [0.25, 0.3) is 0 Å². The summed E-state index contributed by atoms with van der Waals surface area (Å²) in [5.74, 6) is 0.740. The second-order valence-electron chi connectivity index (χ2n) is 4.74. The van der Waals surface area contributed by atoms with Gasteiger partial charge >= 0.3 is 0 Å². The maximum Gasteiger partial charge on any atom is 0.253 e. The summed E-state index contributed by atoms with van der Waals surface area (Å²) in [5.41, 5.74) is 0.689. The largest absolute Gasteiger partial charge is 0.508 e. The highest BCUT2D eigenvalue weighted by molar-refractivity contribution is 5.93. The summed E-state index contributed by atoms with van der Waals surface area (Å²) in [7, 11) is 0. The van der Waals surface area contributed by atoms with Crippen molar-refractivity contribution in [2.75, 3.05) is 5.06 Å².